The second kappa shape index (κ2) is 3.25. The van der Waals surface area contributed by atoms with E-state index in [-0.39, 0.29) is 6.61 Å². The molecule has 0 aliphatic carbocycles. The van der Waals surface area contributed by atoms with Crippen LogP contribution in [0.3, 0.4) is 0 Å². The highest BCUT2D eigenvalue weighted by atomic mass is 16.8. The van der Waals surface area contributed by atoms with Gasteiger partial charge in [0.15, 0.2) is 5.79 Å². The molecule has 1 unspecified atom stereocenters. The Morgan fingerprint density at radius 1 is 1.75 bits per heavy atom. The first-order valence-electron chi connectivity index (χ1n) is 3.68. The van der Waals surface area contributed by atoms with Gasteiger partial charge < -0.3 is 14.2 Å². The number of carbonyl (C=O) groups excluding carboxylic acids is 1. The lowest BCUT2D eigenvalue weighted by Crippen LogP contribution is -2.24. The minimum atomic E-state index is -0.661. The molecule has 1 atom stereocenters. The van der Waals surface area contributed by atoms with Crippen molar-refractivity contribution in [3.05, 3.63) is 12.7 Å². The summed E-state index contributed by atoms with van der Waals surface area (Å²) in [6, 6.07) is 0. The Labute approximate surface area is 71.1 Å². The van der Waals surface area contributed by atoms with E-state index in [1.54, 1.807) is 13.8 Å². The molecular formula is C8H12O4. The molecule has 1 fully saturated rings. The van der Waals surface area contributed by atoms with Crippen molar-refractivity contribution in [3.63, 3.8) is 0 Å². The van der Waals surface area contributed by atoms with Crippen LogP contribution in [0.4, 0.5) is 0 Å². The second-order valence-corrected chi connectivity index (χ2v) is 2.90. The van der Waals surface area contributed by atoms with Crippen molar-refractivity contribution in [2.24, 2.45) is 0 Å². The lowest BCUT2D eigenvalue weighted by atomic mass is 10.4. The number of ether oxygens (including phenoxy) is 3. The highest BCUT2D eigenvalue weighted by Gasteiger charge is 2.34. The summed E-state index contributed by atoms with van der Waals surface area (Å²) in [5.41, 5.74) is 0. The van der Waals surface area contributed by atoms with Gasteiger partial charge in [0.05, 0.1) is 0 Å². The molecule has 1 aliphatic heterocycles. The maximum absolute atomic E-state index is 10.7. The molecule has 0 aromatic rings. The van der Waals surface area contributed by atoms with Crippen LogP contribution in [0.1, 0.15) is 13.8 Å². The molecule has 0 saturated carbocycles. The van der Waals surface area contributed by atoms with Crippen LogP contribution in [0.2, 0.25) is 0 Å². The van der Waals surface area contributed by atoms with Gasteiger partial charge in [-0.05, 0) is 13.8 Å². The number of hydrogen-bond donors (Lipinski definition) is 0. The van der Waals surface area contributed by atoms with Crippen molar-refractivity contribution in [1.29, 1.82) is 0 Å². The van der Waals surface area contributed by atoms with E-state index in [2.05, 4.69) is 6.58 Å². The van der Waals surface area contributed by atoms with Crippen molar-refractivity contribution in [3.8, 4) is 0 Å². The molecule has 0 spiro atoms. The van der Waals surface area contributed by atoms with Crippen molar-refractivity contribution in [2.45, 2.75) is 25.9 Å². The van der Waals surface area contributed by atoms with Crippen LogP contribution in [-0.4, -0.2) is 24.7 Å². The zero-order valence-corrected chi connectivity index (χ0v) is 7.20. The number of carbonyl (C=O) groups is 1. The molecule has 0 aromatic heterocycles. The van der Waals surface area contributed by atoms with Crippen LogP contribution in [0, 0.1) is 0 Å². The van der Waals surface area contributed by atoms with Gasteiger partial charge in [-0.2, -0.15) is 0 Å². The van der Waals surface area contributed by atoms with E-state index in [4.69, 9.17) is 14.2 Å². The fourth-order valence-electron chi connectivity index (χ4n) is 0.889. The maximum atomic E-state index is 10.7. The third-order valence-corrected chi connectivity index (χ3v) is 1.40. The molecule has 1 rings (SSSR count). The van der Waals surface area contributed by atoms with Crippen molar-refractivity contribution >= 4 is 5.97 Å². The minimum absolute atomic E-state index is 0.270. The first-order chi connectivity index (χ1) is 5.53. The van der Waals surface area contributed by atoms with E-state index >= 15 is 0 Å². The summed E-state index contributed by atoms with van der Waals surface area (Å²) in [6.07, 6.45) is 0.486. The average Bonchev–Trinajstić information content (AvgIpc) is 2.30. The minimum Gasteiger partial charge on any atom is -0.430 e. The van der Waals surface area contributed by atoms with Gasteiger partial charge in [-0.3, -0.25) is 0 Å². The van der Waals surface area contributed by atoms with Crippen LogP contribution in [0.15, 0.2) is 12.7 Å². The number of esters is 1. The van der Waals surface area contributed by atoms with Gasteiger partial charge in [0, 0.05) is 6.08 Å². The molecule has 0 N–H and O–H groups in total. The summed E-state index contributed by atoms with van der Waals surface area (Å²) in [6.45, 7) is 7.06. The Morgan fingerprint density at radius 2 is 2.42 bits per heavy atom. The highest BCUT2D eigenvalue weighted by molar-refractivity contribution is 5.81. The zero-order valence-electron chi connectivity index (χ0n) is 7.20. The van der Waals surface area contributed by atoms with Gasteiger partial charge in [0.25, 0.3) is 0 Å². The van der Waals surface area contributed by atoms with Gasteiger partial charge in [0.2, 0.25) is 6.29 Å². The molecule has 4 heteroatoms. The molecular weight excluding hydrogens is 160 g/mol. The Hall–Kier alpha value is -0.870. The van der Waals surface area contributed by atoms with E-state index < -0.39 is 18.0 Å². The fraction of sp³-hybridized carbons (Fsp3) is 0.625. The van der Waals surface area contributed by atoms with Crippen LogP contribution >= 0.6 is 0 Å². The summed E-state index contributed by atoms with van der Waals surface area (Å²) >= 11 is 0. The van der Waals surface area contributed by atoms with Gasteiger partial charge >= 0.3 is 5.97 Å². The van der Waals surface area contributed by atoms with Gasteiger partial charge in [-0.15, -0.1) is 0 Å². The Bertz CT molecular complexity index is 197. The van der Waals surface area contributed by atoms with Gasteiger partial charge in [-0.25, -0.2) is 4.79 Å². The summed E-state index contributed by atoms with van der Waals surface area (Å²) in [5.74, 6) is -1.16. The van der Waals surface area contributed by atoms with Gasteiger partial charge in [-0.1, -0.05) is 6.58 Å². The number of hydrogen-bond acceptors (Lipinski definition) is 4. The second-order valence-electron chi connectivity index (χ2n) is 2.90. The predicted molar refractivity (Wildman–Crippen MR) is 41.2 cm³/mol. The summed E-state index contributed by atoms with van der Waals surface area (Å²) in [4.78, 5) is 10.7. The predicted octanol–water partition coefficient (Wildman–Crippen LogP) is 0.825. The molecule has 1 saturated heterocycles. The molecule has 1 aliphatic rings. The van der Waals surface area contributed by atoms with Crippen LogP contribution in [-0.2, 0) is 19.0 Å². The van der Waals surface area contributed by atoms with Crippen molar-refractivity contribution in [2.75, 3.05) is 6.61 Å². The topological polar surface area (TPSA) is 44.8 Å². The third kappa shape index (κ3) is 2.32. The lowest BCUT2D eigenvalue weighted by molar-refractivity contribution is -0.194. The first-order valence-corrected chi connectivity index (χ1v) is 3.68. The average molecular weight is 172 g/mol. The molecule has 1 heterocycles. The first kappa shape index (κ1) is 9.22. The fourth-order valence-corrected chi connectivity index (χ4v) is 0.889. The lowest BCUT2D eigenvalue weighted by Gasteiger charge is -2.16. The van der Waals surface area contributed by atoms with Crippen molar-refractivity contribution in [1.82, 2.24) is 0 Å². The largest absolute Gasteiger partial charge is 0.430 e. The summed E-state index contributed by atoms with van der Waals surface area (Å²) in [5, 5.41) is 0. The quantitative estimate of drug-likeness (QED) is 0.457. The number of rotatable bonds is 2. The van der Waals surface area contributed by atoms with E-state index in [0.717, 1.165) is 6.08 Å². The Morgan fingerprint density at radius 3 is 2.83 bits per heavy atom. The van der Waals surface area contributed by atoms with Crippen LogP contribution in [0.5, 0.6) is 0 Å². The van der Waals surface area contributed by atoms with Crippen molar-refractivity contribution < 1.29 is 19.0 Å². The van der Waals surface area contributed by atoms with Gasteiger partial charge in [0.1, 0.15) is 6.61 Å². The zero-order chi connectivity index (χ0) is 9.19. The van der Waals surface area contributed by atoms with Crippen LogP contribution < -0.4 is 0 Å². The van der Waals surface area contributed by atoms with Crippen LogP contribution in [0.25, 0.3) is 0 Å². The Balaban J connectivity index is 2.38. The summed E-state index contributed by atoms with van der Waals surface area (Å²) < 4.78 is 15.2. The summed E-state index contributed by atoms with van der Waals surface area (Å²) in [7, 11) is 0. The van der Waals surface area contributed by atoms with E-state index in [0.29, 0.717) is 0 Å². The molecule has 12 heavy (non-hydrogen) atoms. The maximum Gasteiger partial charge on any atom is 0.332 e. The monoisotopic (exact) mass is 172 g/mol. The normalized spacial score (nSPS) is 26.7. The SMILES string of the molecule is C=CC(=O)OC1COC(C)(C)O1. The molecule has 0 bridgehead atoms. The van der Waals surface area contributed by atoms with E-state index in [1.165, 1.54) is 0 Å². The smallest absolute Gasteiger partial charge is 0.332 e. The highest BCUT2D eigenvalue weighted by Crippen LogP contribution is 2.22. The molecule has 0 aromatic carbocycles. The standard InChI is InChI=1S/C8H12O4/c1-4-6(9)11-7-5-10-8(2,3)12-7/h4,7H,1,5H2,2-3H3. The van der Waals surface area contributed by atoms with E-state index in [9.17, 15) is 4.79 Å². The molecule has 68 valence electrons. The third-order valence-electron chi connectivity index (χ3n) is 1.40. The molecule has 4 nitrogen and oxygen atoms in total. The Kier molecular flexibility index (Phi) is 2.49. The molecule has 0 amide bonds. The van der Waals surface area contributed by atoms with E-state index in [1.807, 2.05) is 0 Å². The molecule has 0 radical (unpaired) electrons.